The Morgan fingerprint density at radius 2 is 1.24 bits per heavy atom. The standard InChI is InChI=1S/C15H27NO/c16-14-12-10-8-6-4-2-1-3-5-7-9-11-13-15-17/h7,9,11-14,17H,1-6,8,10,15-16H2. The molecule has 3 N–H and O–H groups in total. The van der Waals surface area contributed by atoms with Crippen molar-refractivity contribution in [2.45, 2.75) is 51.4 Å². The molecule has 17 heavy (non-hydrogen) atoms. The molecule has 2 heteroatoms. The molecular formula is C15H27NO. The first kappa shape index (κ1) is 16.0. The van der Waals surface area contributed by atoms with Crippen molar-refractivity contribution >= 4 is 0 Å². The number of hydrogen-bond donors (Lipinski definition) is 2. The second-order valence-electron chi connectivity index (χ2n) is 4.17. The second-order valence-corrected chi connectivity index (χ2v) is 4.17. The van der Waals surface area contributed by atoms with Crippen LogP contribution in [-0.2, 0) is 0 Å². The Morgan fingerprint density at radius 3 is 1.82 bits per heavy atom. The van der Waals surface area contributed by atoms with E-state index in [2.05, 4.69) is 6.08 Å². The minimum atomic E-state index is 0.129. The molecule has 0 unspecified atom stereocenters. The summed E-state index contributed by atoms with van der Waals surface area (Å²) in [6.45, 7) is 0.129. The van der Waals surface area contributed by atoms with Crippen LogP contribution in [0.2, 0.25) is 0 Å². The summed E-state index contributed by atoms with van der Waals surface area (Å²) in [5.74, 6) is 0. The predicted molar refractivity (Wildman–Crippen MR) is 75.6 cm³/mol. The van der Waals surface area contributed by atoms with Gasteiger partial charge < -0.3 is 10.8 Å². The van der Waals surface area contributed by atoms with Crippen molar-refractivity contribution in [1.82, 2.24) is 0 Å². The molecule has 0 spiro atoms. The molecule has 0 aliphatic heterocycles. The Balaban J connectivity index is 3.08. The molecule has 98 valence electrons. The molecule has 0 aromatic rings. The van der Waals surface area contributed by atoms with Crippen LogP contribution in [0, 0.1) is 0 Å². The molecule has 0 amide bonds. The van der Waals surface area contributed by atoms with Crippen molar-refractivity contribution in [3.63, 3.8) is 0 Å². The molecular weight excluding hydrogens is 210 g/mol. The second kappa shape index (κ2) is 15.0. The van der Waals surface area contributed by atoms with Crippen molar-refractivity contribution in [3.05, 3.63) is 36.6 Å². The van der Waals surface area contributed by atoms with Gasteiger partial charge in [-0.2, -0.15) is 0 Å². The van der Waals surface area contributed by atoms with Gasteiger partial charge in [0.1, 0.15) is 0 Å². The summed E-state index contributed by atoms with van der Waals surface area (Å²) in [6, 6.07) is 0. The molecule has 0 atom stereocenters. The minimum absolute atomic E-state index is 0.129. The first-order chi connectivity index (χ1) is 8.41. The van der Waals surface area contributed by atoms with E-state index in [4.69, 9.17) is 10.8 Å². The largest absolute Gasteiger partial charge is 0.405 e. The predicted octanol–water partition coefficient (Wildman–Crippen LogP) is 3.68. The number of aliphatic hydroxyl groups excluding tert-OH is 1. The van der Waals surface area contributed by atoms with Gasteiger partial charge in [0.25, 0.3) is 0 Å². The average molecular weight is 237 g/mol. The van der Waals surface area contributed by atoms with E-state index in [9.17, 15) is 0 Å². The maximum atomic E-state index is 8.51. The highest BCUT2D eigenvalue weighted by molar-refractivity contribution is 5.02. The lowest BCUT2D eigenvalue weighted by molar-refractivity contribution is 0.343. The Kier molecular flexibility index (Phi) is 14.1. The van der Waals surface area contributed by atoms with E-state index in [-0.39, 0.29) is 6.61 Å². The Morgan fingerprint density at radius 1 is 0.706 bits per heavy atom. The van der Waals surface area contributed by atoms with Gasteiger partial charge in [0.15, 0.2) is 0 Å². The summed E-state index contributed by atoms with van der Waals surface area (Å²) in [5.41, 5.74) is 5.26. The lowest BCUT2D eigenvalue weighted by Crippen LogP contribution is -1.80. The van der Waals surface area contributed by atoms with E-state index < -0.39 is 0 Å². The molecule has 0 rings (SSSR count). The number of rotatable bonds is 11. The monoisotopic (exact) mass is 237 g/mol. The molecule has 0 aromatic carbocycles. The van der Waals surface area contributed by atoms with Crippen molar-refractivity contribution < 1.29 is 5.11 Å². The zero-order valence-electron chi connectivity index (χ0n) is 10.9. The minimum Gasteiger partial charge on any atom is -0.405 e. The van der Waals surface area contributed by atoms with Crippen LogP contribution in [0.1, 0.15) is 51.4 Å². The fourth-order valence-electron chi connectivity index (χ4n) is 1.64. The van der Waals surface area contributed by atoms with Crippen LogP contribution in [-0.4, -0.2) is 11.7 Å². The van der Waals surface area contributed by atoms with Gasteiger partial charge >= 0.3 is 0 Å². The fourth-order valence-corrected chi connectivity index (χ4v) is 1.64. The summed E-state index contributed by atoms with van der Waals surface area (Å²) >= 11 is 0. The molecule has 0 aliphatic rings. The van der Waals surface area contributed by atoms with E-state index in [0.717, 1.165) is 12.8 Å². The SMILES string of the molecule is NC=CCCCCCCCCC=CC=CCO. The van der Waals surface area contributed by atoms with E-state index in [1.807, 2.05) is 18.2 Å². The molecule has 0 heterocycles. The third-order valence-corrected chi connectivity index (χ3v) is 2.62. The Hall–Kier alpha value is -1.02. The molecule has 0 bridgehead atoms. The number of hydrogen-bond acceptors (Lipinski definition) is 2. The van der Waals surface area contributed by atoms with Crippen LogP contribution in [0.5, 0.6) is 0 Å². The van der Waals surface area contributed by atoms with Gasteiger partial charge in [-0.05, 0) is 31.9 Å². The number of unbranched alkanes of at least 4 members (excludes halogenated alkanes) is 7. The van der Waals surface area contributed by atoms with Crippen LogP contribution in [0.4, 0.5) is 0 Å². The Labute approximate surface area is 106 Å². The number of allylic oxidation sites excluding steroid dienone is 4. The van der Waals surface area contributed by atoms with Crippen molar-refractivity contribution in [2.24, 2.45) is 5.73 Å². The van der Waals surface area contributed by atoms with Gasteiger partial charge in [-0.1, -0.05) is 56.1 Å². The topological polar surface area (TPSA) is 46.2 Å². The van der Waals surface area contributed by atoms with Crippen LogP contribution in [0.15, 0.2) is 36.6 Å². The van der Waals surface area contributed by atoms with Crippen molar-refractivity contribution in [3.8, 4) is 0 Å². The zero-order chi connectivity index (χ0) is 12.6. The molecule has 2 nitrogen and oxygen atoms in total. The normalized spacial score (nSPS) is 12.3. The van der Waals surface area contributed by atoms with Crippen molar-refractivity contribution in [2.75, 3.05) is 6.61 Å². The summed E-state index contributed by atoms with van der Waals surface area (Å²) in [5, 5.41) is 8.51. The van der Waals surface area contributed by atoms with Gasteiger partial charge in [0, 0.05) is 0 Å². The van der Waals surface area contributed by atoms with Crippen molar-refractivity contribution in [1.29, 1.82) is 0 Å². The smallest absolute Gasteiger partial charge is 0.0615 e. The molecule has 0 saturated heterocycles. The van der Waals surface area contributed by atoms with E-state index in [1.165, 1.54) is 38.5 Å². The van der Waals surface area contributed by atoms with Gasteiger partial charge in [-0.15, -0.1) is 0 Å². The van der Waals surface area contributed by atoms with E-state index >= 15 is 0 Å². The Bertz CT molecular complexity index is 219. The quantitative estimate of drug-likeness (QED) is 0.425. The lowest BCUT2D eigenvalue weighted by Gasteiger charge is -1.98. The van der Waals surface area contributed by atoms with Crippen LogP contribution >= 0.6 is 0 Å². The van der Waals surface area contributed by atoms with Gasteiger partial charge in [-0.3, -0.25) is 0 Å². The molecule has 0 fully saturated rings. The molecule has 0 aromatic heterocycles. The molecule has 0 radical (unpaired) electrons. The molecule has 0 saturated carbocycles. The van der Waals surface area contributed by atoms with E-state index in [0.29, 0.717) is 0 Å². The fraction of sp³-hybridized carbons (Fsp3) is 0.600. The number of aliphatic hydroxyl groups is 1. The first-order valence-electron chi connectivity index (χ1n) is 6.71. The van der Waals surface area contributed by atoms with Crippen LogP contribution < -0.4 is 5.73 Å². The third-order valence-electron chi connectivity index (χ3n) is 2.62. The maximum absolute atomic E-state index is 8.51. The summed E-state index contributed by atoms with van der Waals surface area (Å²) < 4.78 is 0. The van der Waals surface area contributed by atoms with Gasteiger partial charge in [0.2, 0.25) is 0 Å². The summed E-state index contributed by atoms with van der Waals surface area (Å²) in [7, 11) is 0. The maximum Gasteiger partial charge on any atom is 0.0615 e. The lowest BCUT2D eigenvalue weighted by atomic mass is 10.1. The molecule has 0 aliphatic carbocycles. The first-order valence-corrected chi connectivity index (χ1v) is 6.71. The van der Waals surface area contributed by atoms with Crippen LogP contribution in [0.3, 0.4) is 0 Å². The highest BCUT2D eigenvalue weighted by Gasteiger charge is 1.89. The van der Waals surface area contributed by atoms with Gasteiger partial charge in [0.05, 0.1) is 6.61 Å². The zero-order valence-corrected chi connectivity index (χ0v) is 10.9. The summed E-state index contributed by atoms with van der Waals surface area (Å²) in [6.07, 6.45) is 21.6. The van der Waals surface area contributed by atoms with Gasteiger partial charge in [-0.25, -0.2) is 0 Å². The highest BCUT2D eigenvalue weighted by Crippen LogP contribution is 2.09. The number of nitrogens with two attached hydrogens (primary N) is 1. The third kappa shape index (κ3) is 15.0. The van der Waals surface area contributed by atoms with Crippen LogP contribution in [0.25, 0.3) is 0 Å². The van der Waals surface area contributed by atoms with E-state index in [1.54, 1.807) is 12.3 Å². The summed E-state index contributed by atoms with van der Waals surface area (Å²) in [4.78, 5) is 0. The highest BCUT2D eigenvalue weighted by atomic mass is 16.2. The average Bonchev–Trinajstić information content (AvgIpc) is 2.35.